The van der Waals surface area contributed by atoms with Crippen LogP contribution in [-0.4, -0.2) is 44.4 Å². The topological polar surface area (TPSA) is 59.7 Å². The third-order valence-corrected chi connectivity index (χ3v) is 5.89. The van der Waals surface area contributed by atoms with Crippen LogP contribution in [0.3, 0.4) is 0 Å². The molecule has 4 heterocycles. The van der Waals surface area contributed by atoms with Crippen LogP contribution in [0.1, 0.15) is 53.6 Å². The van der Waals surface area contributed by atoms with Gasteiger partial charge in [-0.3, -0.25) is 4.79 Å². The van der Waals surface area contributed by atoms with Crippen molar-refractivity contribution >= 4 is 35.6 Å². The Bertz CT molecular complexity index is 1080. The number of fused-ring (bicyclic) bond motifs is 1. The van der Waals surface area contributed by atoms with E-state index in [-0.39, 0.29) is 24.4 Å². The van der Waals surface area contributed by atoms with Gasteiger partial charge in [-0.2, -0.15) is 0 Å². The first-order valence-electron chi connectivity index (χ1n) is 10.5. The number of nitrogens with zero attached hydrogens (tertiary/aromatic N) is 4. The van der Waals surface area contributed by atoms with Gasteiger partial charge in [-0.25, -0.2) is 9.97 Å². The van der Waals surface area contributed by atoms with Crippen LogP contribution in [0.2, 0.25) is 5.02 Å². The summed E-state index contributed by atoms with van der Waals surface area (Å²) in [4.78, 5) is 24.8. The molecular formula is C23H28Cl2N4O2. The maximum absolute atomic E-state index is 13.5. The van der Waals surface area contributed by atoms with E-state index in [0.717, 1.165) is 42.6 Å². The number of amides is 1. The lowest BCUT2D eigenvalue weighted by Crippen LogP contribution is -2.45. The molecule has 4 rings (SSSR count). The number of halogens is 2. The highest BCUT2D eigenvalue weighted by molar-refractivity contribution is 6.32. The van der Waals surface area contributed by atoms with Crippen LogP contribution in [0.25, 0.3) is 5.65 Å². The van der Waals surface area contributed by atoms with Crippen LogP contribution in [-0.2, 0) is 6.42 Å². The lowest BCUT2D eigenvalue weighted by molar-refractivity contribution is 0.0601. The molecule has 1 amide bonds. The summed E-state index contributed by atoms with van der Waals surface area (Å²) in [5, 5.41) is 0.428. The van der Waals surface area contributed by atoms with Gasteiger partial charge >= 0.3 is 0 Å². The molecular weight excluding hydrogens is 435 g/mol. The van der Waals surface area contributed by atoms with Crippen LogP contribution >= 0.6 is 24.0 Å². The average Bonchev–Trinajstić information content (AvgIpc) is 3.14. The van der Waals surface area contributed by atoms with E-state index in [2.05, 4.69) is 28.6 Å². The molecule has 0 bridgehead atoms. The van der Waals surface area contributed by atoms with Gasteiger partial charge in [-0.1, -0.05) is 17.7 Å². The summed E-state index contributed by atoms with van der Waals surface area (Å²) >= 11 is 6.37. The third kappa shape index (κ3) is 4.80. The molecule has 0 saturated carbocycles. The molecule has 3 aromatic heterocycles. The van der Waals surface area contributed by atoms with Crippen molar-refractivity contribution in [1.82, 2.24) is 19.3 Å². The fourth-order valence-corrected chi connectivity index (χ4v) is 4.51. The van der Waals surface area contributed by atoms with Crippen molar-refractivity contribution in [2.45, 2.75) is 52.5 Å². The van der Waals surface area contributed by atoms with Gasteiger partial charge in [0.15, 0.2) is 11.4 Å². The summed E-state index contributed by atoms with van der Waals surface area (Å²) in [6, 6.07) is 5.89. The van der Waals surface area contributed by atoms with E-state index in [9.17, 15) is 4.79 Å². The second-order valence-electron chi connectivity index (χ2n) is 7.86. The molecule has 1 aliphatic heterocycles. The third-order valence-electron chi connectivity index (χ3n) is 5.61. The molecule has 31 heavy (non-hydrogen) atoms. The normalized spacial score (nSPS) is 16.3. The molecule has 6 nitrogen and oxygen atoms in total. The van der Waals surface area contributed by atoms with Crippen molar-refractivity contribution in [1.29, 1.82) is 0 Å². The Morgan fingerprint density at radius 3 is 2.84 bits per heavy atom. The maximum Gasteiger partial charge on any atom is 0.276 e. The van der Waals surface area contributed by atoms with Gasteiger partial charge in [-0.05, 0) is 57.7 Å². The minimum Gasteiger partial charge on any atom is -0.490 e. The second kappa shape index (κ2) is 9.88. The molecule has 0 spiro atoms. The average molecular weight is 463 g/mol. The SMILES string of the molecule is CCOc1c(Cl)cc(C)nc1C(=O)N1CCCCC1Cc1cn2cccc(C)c2n1.Cl. The van der Waals surface area contributed by atoms with E-state index in [1.165, 1.54) is 0 Å². The van der Waals surface area contributed by atoms with Crippen LogP contribution in [0.4, 0.5) is 0 Å². The number of rotatable bonds is 5. The lowest BCUT2D eigenvalue weighted by Gasteiger charge is -2.35. The number of aryl methyl sites for hydroxylation is 2. The first-order valence-corrected chi connectivity index (χ1v) is 10.9. The van der Waals surface area contributed by atoms with Crippen LogP contribution in [0, 0.1) is 13.8 Å². The van der Waals surface area contributed by atoms with E-state index in [4.69, 9.17) is 21.3 Å². The number of carbonyl (C=O) groups is 1. The summed E-state index contributed by atoms with van der Waals surface area (Å²) in [6.07, 6.45) is 7.82. The molecule has 0 radical (unpaired) electrons. The van der Waals surface area contributed by atoms with Gasteiger partial charge < -0.3 is 14.0 Å². The van der Waals surface area contributed by atoms with Crippen molar-refractivity contribution in [3.05, 3.63) is 58.3 Å². The first kappa shape index (κ1) is 23.4. The molecule has 1 aliphatic rings. The predicted octanol–water partition coefficient (Wildman–Crippen LogP) is 5.06. The summed E-state index contributed by atoms with van der Waals surface area (Å²) in [7, 11) is 0. The van der Waals surface area contributed by atoms with Crippen LogP contribution in [0.15, 0.2) is 30.6 Å². The quantitative estimate of drug-likeness (QED) is 0.531. The molecule has 1 atom stereocenters. The number of imidazole rings is 1. The summed E-state index contributed by atoms with van der Waals surface area (Å²) in [6.45, 7) is 6.90. The number of hydrogen-bond acceptors (Lipinski definition) is 4. The highest BCUT2D eigenvalue weighted by atomic mass is 35.5. The minimum absolute atomic E-state index is 0. The smallest absolute Gasteiger partial charge is 0.276 e. The Kier molecular flexibility index (Phi) is 7.44. The highest BCUT2D eigenvalue weighted by Gasteiger charge is 2.31. The molecule has 0 aromatic carbocycles. The van der Waals surface area contributed by atoms with E-state index < -0.39 is 0 Å². The second-order valence-corrected chi connectivity index (χ2v) is 8.27. The molecule has 166 valence electrons. The number of carbonyl (C=O) groups excluding carboxylic acids is 1. The van der Waals surface area contributed by atoms with Crippen molar-refractivity contribution < 1.29 is 9.53 Å². The number of piperidine rings is 1. The fraction of sp³-hybridized carbons (Fsp3) is 0.435. The van der Waals surface area contributed by atoms with E-state index >= 15 is 0 Å². The first-order chi connectivity index (χ1) is 14.5. The van der Waals surface area contributed by atoms with Crippen molar-refractivity contribution in [2.75, 3.05) is 13.2 Å². The molecule has 0 N–H and O–H groups in total. The zero-order chi connectivity index (χ0) is 21.3. The number of pyridine rings is 2. The van der Waals surface area contributed by atoms with Gasteiger partial charge in [0.25, 0.3) is 5.91 Å². The Labute approximate surface area is 194 Å². The van der Waals surface area contributed by atoms with Gasteiger partial charge in [0.2, 0.25) is 0 Å². The Hall–Kier alpha value is -2.31. The Morgan fingerprint density at radius 1 is 1.29 bits per heavy atom. The molecule has 3 aromatic rings. The van der Waals surface area contributed by atoms with Crippen LogP contribution in [0.5, 0.6) is 5.75 Å². The van der Waals surface area contributed by atoms with Crippen molar-refractivity contribution in [3.63, 3.8) is 0 Å². The minimum atomic E-state index is -0.117. The molecule has 1 unspecified atom stereocenters. The summed E-state index contributed by atoms with van der Waals surface area (Å²) < 4.78 is 7.73. The highest BCUT2D eigenvalue weighted by Crippen LogP contribution is 2.31. The predicted molar refractivity (Wildman–Crippen MR) is 125 cm³/mol. The summed E-state index contributed by atoms with van der Waals surface area (Å²) in [5.41, 5.74) is 4.11. The van der Waals surface area contributed by atoms with Gasteiger partial charge in [0.1, 0.15) is 5.65 Å². The van der Waals surface area contributed by atoms with Crippen LogP contribution < -0.4 is 4.74 Å². The number of hydrogen-bond donors (Lipinski definition) is 0. The number of aromatic nitrogens is 3. The van der Waals surface area contributed by atoms with E-state index in [1.807, 2.05) is 31.0 Å². The van der Waals surface area contributed by atoms with Crippen molar-refractivity contribution in [3.8, 4) is 5.75 Å². The van der Waals surface area contributed by atoms with Gasteiger partial charge in [0, 0.05) is 37.1 Å². The Balaban J connectivity index is 0.00000272. The molecule has 1 fully saturated rings. The molecule has 8 heteroatoms. The standard InChI is InChI=1S/C23H27ClN4O2.ClH/c1-4-30-21-19(24)12-16(3)25-20(21)23(29)28-11-6-5-9-18(28)13-17-14-27-10-7-8-15(2)22(27)26-17;/h7-8,10,12,14,18H,4-6,9,11,13H2,1-3H3;1H. The monoisotopic (exact) mass is 462 g/mol. The number of likely N-dealkylation sites (tertiary alicyclic amines) is 1. The number of ether oxygens (including phenoxy) is 1. The van der Waals surface area contributed by atoms with Gasteiger partial charge in [0.05, 0.1) is 17.3 Å². The molecule has 0 aliphatic carbocycles. The fourth-order valence-electron chi connectivity index (χ4n) is 4.21. The van der Waals surface area contributed by atoms with Crippen molar-refractivity contribution in [2.24, 2.45) is 0 Å². The van der Waals surface area contributed by atoms with E-state index in [1.54, 1.807) is 6.07 Å². The van der Waals surface area contributed by atoms with Gasteiger partial charge in [-0.15, -0.1) is 12.4 Å². The largest absolute Gasteiger partial charge is 0.490 e. The Morgan fingerprint density at radius 2 is 2.10 bits per heavy atom. The summed E-state index contributed by atoms with van der Waals surface area (Å²) in [5.74, 6) is 0.260. The van der Waals surface area contributed by atoms with E-state index in [0.29, 0.717) is 35.3 Å². The molecule has 1 saturated heterocycles. The zero-order valence-corrected chi connectivity index (χ0v) is 19.7. The lowest BCUT2D eigenvalue weighted by atomic mass is 9.97. The maximum atomic E-state index is 13.5. The zero-order valence-electron chi connectivity index (χ0n) is 18.1.